The van der Waals surface area contributed by atoms with E-state index in [-0.39, 0.29) is 0 Å². The van der Waals surface area contributed by atoms with Crippen molar-refractivity contribution in [3.05, 3.63) is 59.2 Å². The van der Waals surface area contributed by atoms with Gasteiger partial charge < -0.3 is 9.47 Å². The molecule has 0 atom stereocenters. The zero-order valence-electron chi connectivity index (χ0n) is 12.4. The maximum absolute atomic E-state index is 10.7. The normalized spacial score (nSPS) is 10.7. The number of allylic oxidation sites excluding steroid dienone is 1. The molecule has 0 bridgehead atoms. The summed E-state index contributed by atoms with van der Waals surface area (Å²) in [5, 5.41) is 9.39. The molecule has 2 aromatic rings. The molecule has 110 valence electrons. The van der Waals surface area contributed by atoms with Gasteiger partial charge in [0.05, 0.1) is 25.9 Å². The Bertz CT molecular complexity index is 740. The van der Waals surface area contributed by atoms with Crippen LogP contribution in [0.2, 0.25) is 0 Å². The van der Waals surface area contributed by atoms with Gasteiger partial charge in [-0.15, -0.1) is 0 Å². The number of methoxy groups -OCH3 is 2. The molecule has 0 fully saturated rings. The number of benzene rings is 2. The standard InChI is InChI=1S/C18H15NO3/c1-21-17-8-7-15(10-18(17)22-2)16(11-19)9-13-3-5-14(12-20)6-4-13/h3-10,12H,1-2H3/b16-9+. The van der Waals surface area contributed by atoms with E-state index in [9.17, 15) is 10.1 Å². The van der Waals surface area contributed by atoms with Crippen molar-refractivity contribution >= 4 is 17.9 Å². The Hall–Kier alpha value is -3.06. The number of rotatable bonds is 5. The van der Waals surface area contributed by atoms with Crippen molar-refractivity contribution in [3.8, 4) is 17.6 Å². The smallest absolute Gasteiger partial charge is 0.161 e. The summed E-state index contributed by atoms with van der Waals surface area (Å²) in [5.41, 5.74) is 2.68. The first-order chi connectivity index (χ1) is 10.7. The monoisotopic (exact) mass is 293 g/mol. The van der Waals surface area contributed by atoms with Crippen molar-refractivity contribution in [2.75, 3.05) is 14.2 Å². The highest BCUT2D eigenvalue weighted by atomic mass is 16.5. The van der Waals surface area contributed by atoms with Crippen molar-refractivity contribution in [2.24, 2.45) is 0 Å². The largest absolute Gasteiger partial charge is 0.493 e. The molecular weight excluding hydrogens is 278 g/mol. The van der Waals surface area contributed by atoms with Crippen molar-refractivity contribution in [1.29, 1.82) is 5.26 Å². The van der Waals surface area contributed by atoms with Gasteiger partial charge in [0.1, 0.15) is 6.29 Å². The quantitative estimate of drug-likeness (QED) is 0.480. The highest BCUT2D eigenvalue weighted by Crippen LogP contribution is 2.30. The Morgan fingerprint density at radius 2 is 1.64 bits per heavy atom. The molecule has 0 unspecified atom stereocenters. The molecule has 0 aromatic heterocycles. The van der Waals surface area contributed by atoms with Crippen LogP contribution in [0, 0.1) is 11.3 Å². The van der Waals surface area contributed by atoms with Crippen molar-refractivity contribution in [3.63, 3.8) is 0 Å². The van der Waals surface area contributed by atoms with Gasteiger partial charge in [-0.05, 0) is 35.4 Å². The van der Waals surface area contributed by atoms with E-state index in [2.05, 4.69) is 6.07 Å². The second-order valence-corrected chi connectivity index (χ2v) is 4.52. The first-order valence-electron chi connectivity index (χ1n) is 6.61. The van der Waals surface area contributed by atoms with Gasteiger partial charge in [0.2, 0.25) is 0 Å². The molecule has 0 aliphatic heterocycles. The minimum Gasteiger partial charge on any atom is -0.493 e. The first-order valence-corrected chi connectivity index (χ1v) is 6.61. The van der Waals surface area contributed by atoms with Crippen LogP contribution in [0.1, 0.15) is 21.5 Å². The topological polar surface area (TPSA) is 59.3 Å². The molecule has 0 spiro atoms. The molecule has 4 heteroatoms. The van der Waals surface area contributed by atoms with Gasteiger partial charge in [0.25, 0.3) is 0 Å². The molecule has 2 aromatic carbocycles. The van der Waals surface area contributed by atoms with Crippen LogP contribution >= 0.6 is 0 Å². The summed E-state index contributed by atoms with van der Waals surface area (Å²) in [6.07, 6.45) is 2.54. The van der Waals surface area contributed by atoms with Crippen LogP contribution in [0.3, 0.4) is 0 Å². The van der Waals surface area contributed by atoms with Gasteiger partial charge in [-0.3, -0.25) is 4.79 Å². The van der Waals surface area contributed by atoms with Gasteiger partial charge in [0.15, 0.2) is 11.5 Å². The van der Waals surface area contributed by atoms with Gasteiger partial charge in [-0.2, -0.15) is 5.26 Å². The number of hydrogen-bond donors (Lipinski definition) is 0. The Labute approximate surface area is 129 Å². The summed E-state index contributed by atoms with van der Waals surface area (Å²) in [7, 11) is 3.11. The number of ether oxygens (including phenoxy) is 2. The summed E-state index contributed by atoms with van der Waals surface area (Å²) in [4.78, 5) is 10.7. The molecule has 0 N–H and O–H groups in total. The van der Waals surface area contributed by atoms with Crippen LogP contribution in [-0.2, 0) is 0 Å². The van der Waals surface area contributed by atoms with Crippen molar-refractivity contribution in [1.82, 2.24) is 0 Å². The summed E-state index contributed by atoms with van der Waals surface area (Å²) < 4.78 is 10.4. The Morgan fingerprint density at radius 1 is 1.00 bits per heavy atom. The summed E-state index contributed by atoms with van der Waals surface area (Å²) in [5.74, 6) is 1.18. The van der Waals surface area contributed by atoms with Crippen molar-refractivity contribution < 1.29 is 14.3 Å². The Kier molecular flexibility index (Phi) is 4.94. The van der Waals surface area contributed by atoms with Crippen LogP contribution in [0.15, 0.2) is 42.5 Å². The number of nitriles is 1. The molecule has 0 radical (unpaired) electrons. The van der Waals surface area contributed by atoms with Gasteiger partial charge >= 0.3 is 0 Å². The maximum atomic E-state index is 10.7. The van der Waals surface area contributed by atoms with Crippen LogP contribution in [-0.4, -0.2) is 20.5 Å². The van der Waals surface area contributed by atoms with Crippen LogP contribution in [0.4, 0.5) is 0 Å². The molecule has 22 heavy (non-hydrogen) atoms. The fourth-order valence-corrected chi connectivity index (χ4v) is 2.02. The summed E-state index contributed by atoms with van der Waals surface area (Å²) >= 11 is 0. The number of aldehydes is 1. The minimum atomic E-state index is 0.500. The lowest BCUT2D eigenvalue weighted by atomic mass is 10.0. The average molecular weight is 293 g/mol. The average Bonchev–Trinajstić information content (AvgIpc) is 2.59. The maximum Gasteiger partial charge on any atom is 0.161 e. The molecule has 0 aliphatic carbocycles. The van der Waals surface area contributed by atoms with E-state index in [4.69, 9.17) is 9.47 Å². The zero-order chi connectivity index (χ0) is 15.9. The third-order valence-electron chi connectivity index (χ3n) is 3.20. The van der Waals surface area contributed by atoms with Crippen LogP contribution < -0.4 is 9.47 Å². The molecule has 2 rings (SSSR count). The third-order valence-corrected chi connectivity index (χ3v) is 3.20. The summed E-state index contributed by atoms with van der Waals surface area (Å²) in [6.45, 7) is 0. The minimum absolute atomic E-state index is 0.500. The molecule has 0 saturated carbocycles. The fourth-order valence-electron chi connectivity index (χ4n) is 2.02. The predicted octanol–water partition coefficient (Wildman–Crippen LogP) is 3.58. The molecule has 4 nitrogen and oxygen atoms in total. The SMILES string of the molecule is COc1ccc(/C(C#N)=C/c2ccc(C=O)cc2)cc1OC. The van der Waals surface area contributed by atoms with E-state index < -0.39 is 0 Å². The number of nitrogens with zero attached hydrogens (tertiary/aromatic N) is 1. The van der Waals surface area contributed by atoms with E-state index in [1.807, 2.05) is 0 Å². The molecule has 0 saturated heterocycles. The summed E-state index contributed by atoms with van der Waals surface area (Å²) in [6, 6.07) is 14.5. The number of carbonyl (C=O) groups is 1. The second kappa shape index (κ2) is 7.09. The second-order valence-electron chi connectivity index (χ2n) is 4.52. The lowest BCUT2D eigenvalue weighted by Crippen LogP contribution is -1.92. The van der Waals surface area contributed by atoms with E-state index in [1.54, 1.807) is 62.8 Å². The number of carbonyl (C=O) groups excluding carboxylic acids is 1. The highest BCUT2D eigenvalue weighted by molar-refractivity contribution is 5.90. The third kappa shape index (κ3) is 3.33. The van der Waals surface area contributed by atoms with E-state index in [0.717, 1.165) is 17.4 Å². The van der Waals surface area contributed by atoms with Gasteiger partial charge in [0, 0.05) is 5.56 Å². The Morgan fingerprint density at radius 3 is 2.18 bits per heavy atom. The lowest BCUT2D eigenvalue weighted by molar-refractivity contribution is 0.112. The number of hydrogen-bond acceptors (Lipinski definition) is 4. The van der Waals surface area contributed by atoms with Gasteiger partial charge in [-0.25, -0.2) is 0 Å². The van der Waals surface area contributed by atoms with E-state index in [1.165, 1.54) is 0 Å². The lowest BCUT2D eigenvalue weighted by Gasteiger charge is -2.09. The molecule has 0 heterocycles. The molecular formula is C18H15NO3. The van der Waals surface area contributed by atoms with E-state index in [0.29, 0.717) is 22.6 Å². The van der Waals surface area contributed by atoms with Crippen LogP contribution in [0.5, 0.6) is 11.5 Å². The predicted molar refractivity (Wildman–Crippen MR) is 84.9 cm³/mol. The van der Waals surface area contributed by atoms with E-state index >= 15 is 0 Å². The first kappa shape index (κ1) is 15.3. The zero-order valence-corrected chi connectivity index (χ0v) is 12.4. The van der Waals surface area contributed by atoms with Crippen LogP contribution in [0.25, 0.3) is 11.6 Å². The highest BCUT2D eigenvalue weighted by Gasteiger charge is 2.08. The molecule has 0 amide bonds. The molecule has 0 aliphatic rings. The fraction of sp³-hybridized carbons (Fsp3) is 0.111. The van der Waals surface area contributed by atoms with Gasteiger partial charge in [-0.1, -0.05) is 24.3 Å². The Balaban J connectivity index is 2.40. The van der Waals surface area contributed by atoms with Crippen molar-refractivity contribution in [2.45, 2.75) is 0 Å².